The minimum Gasteiger partial charge on any atom is -0.493 e. The van der Waals surface area contributed by atoms with E-state index in [9.17, 15) is 14.4 Å². The topological polar surface area (TPSA) is 124 Å². The summed E-state index contributed by atoms with van der Waals surface area (Å²) in [6.07, 6.45) is 7.10. The third kappa shape index (κ3) is 7.24. The summed E-state index contributed by atoms with van der Waals surface area (Å²) >= 11 is 4.63. The number of carbonyl (C=O) groups excluding carboxylic acids is 2. The van der Waals surface area contributed by atoms with E-state index in [4.69, 9.17) is 30.1 Å². The summed E-state index contributed by atoms with van der Waals surface area (Å²) < 4.78 is 35.3. The molecule has 2 aromatic carbocycles. The standard InChI is InChI=1S/C32H31BrN2O9S/c1-7-12-43-29-20(13-21(33)16-24(29)39-5)15-25-30(37)35-28(27(31(38)42-9-3)18(4)34-32(35)45-25)19-10-11-22(23(14-19)41-8-2)44-17-26(36)40-6/h1,10-11,13-16,28H,8-9,12,17H2,2-6H3/b25-15+/t28-/m0/s1. The number of terminal acetylenes is 1. The maximum absolute atomic E-state index is 14.2. The van der Waals surface area contributed by atoms with E-state index in [1.807, 2.05) is 0 Å². The number of esters is 2. The molecule has 0 bridgehead atoms. The average Bonchev–Trinajstić information content (AvgIpc) is 3.32. The van der Waals surface area contributed by atoms with Crippen molar-refractivity contribution in [3.05, 3.63) is 76.9 Å². The molecule has 4 rings (SSSR count). The lowest BCUT2D eigenvalue weighted by atomic mass is 9.95. The Morgan fingerprint density at radius 1 is 1.09 bits per heavy atom. The van der Waals surface area contributed by atoms with Gasteiger partial charge in [-0.15, -0.1) is 6.42 Å². The molecule has 45 heavy (non-hydrogen) atoms. The number of hydrogen-bond acceptors (Lipinski definition) is 11. The van der Waals surface area contributed by atoms with Crippen LogP contribution in [0.4, 0.5) is 0 Å². The molecule has 3 aromatic rings. The molecule has 1 aromatic heterocycles. The number of nitrogens with zero attached hydrogens (tertiary/aromatic N) is 2. The Morgan fingerprint density at radius 2 is 1.87 bits per heavy atom. The quantitative estimate of drug-likeness (QED) is 0.206. The molecule has 0 N–H and O–H groups in total. The SMILES string of the molecule is C#CCOc1c(/C=c2/sc3n(c2=O)[C@@H](c2ccc(OCC(=O)OC)c(OCC)c2)C(C(=O)OCC)=C(C)N=3)cc(Br)cc1OC. The number of aromatic nitrogens is 1. The zero-order chi connectivity index (χ0) is 32.7. The molecular weight excluding hydrogens is 668 g/mol. The van der Waals surface area contributed by atoms with Crippen LogP contribution >= 0.6 is 27.3 Å². The molecule has 0 saturated heterocycles. The van der Waals surface area contributed by atoms with Crippen molar-refractivity contribution in [3.8, 4) is 35.3 Å². The first-order chi connectivity index (χ1) is 21.7. The highest BCUT2D eigenvalue weighted by molar-refractivity contribution is 9.10. The third-order valence-electron chi connectivity index (χ3n) is 6.53. The molecule has 0 spiro atoms. The normalized spacial score (nSPS) is 14.2. The summed E-state index contributed by atoms with van der Waals surface area (Å²) in [5, 5.41) is 0. The highest BCUT2D eigenvalue weighted by atomic mass is 79.9. The molecule has 13 heteroatoms. The van der Waals surface area contributed by atoms with Crippen LogP contribution in [0.2, 0.25) is 0 Å². The molecule has 11 nitrogen and oxygen atoms in total. The van der Waals surface area contributed by atoms with Crippen LogP contribution in [0.25, 0.3) is 6.08 Å². The van der Waals surface area contributed by atoms with Crippen molar-refractivity contribution in [1.29, 1.82) is 0 Å². The third-order valence-corrected chi connectivity index (χ3v) is 7.97. The van der Waals surface area contributed by atoms with Gasteiger partial charge in [0.05, 0.1) is 49.3 Å². The van der Waals surface area contributed by atoms with Gasteiger partial charge in [-0.25, -0.2) is 14.6 Å². The van der Waals surface area contributed by atoms with Gasteiger partial charge in [-0.1, -0.05) is 39.3 Å². The number of carbonyl (C=O) groups is 2. The van der Waals surface area contributed by atoms with Crippen molar-refractivity contribution < 1.29 is 38.0 Å². The predicted molar refractivity (Wildman–Crippen MR) is 171 cm³/mol. The van der Waals surface area contributed by atoms with E-state index in [0.717, 1.165) is 11.3 Å². The number of thiazole rings is 1. The summed E-state index contributed by atoms with van der Waals surface area (Å²) in [7, 11) is 2.77. The number of halogens is 1. The van der Waals surface area contributed by atoms with Crippen LogP contribution in [-0.2, 0) is 19.1 Å². The summed E-state index contributed by atoms with van der Waals surface area (Å²) in [5.74, 6) is 2.67. The number of rotatable bonds is 12. The molecule has 0 saturated carbocycles. The summed E-state index contributed by atoms with van der Waals surface area (Å²) in [4.78, 5) is 44.2. The lowest BCUT2D eigenvalue weighted by Gasteiger charge is -2.25. The Hall–Kier alpha value is -4.54. The summed E-state index contributed by atoms with van der Waals surface area (Å²) in [6, 6.07) is 7.57. The Balaban J connectivity index is 1.94. The van der Waals surface area contributed by atoms with Crippen molar-refractivity contribution >= 4 is 45.3 Å². The number of hydrogen-bond donors (Lipinski definition) is 0. The molecule has 1 atom stereocenters. The van der Waals surface area contributed by atoms with Crippen LogP contribution in [0, 0.1) is 12.3 Å². The van der Waals surface area contributed by atoms with E-state index in [1.54, 1.807) is 57.2 Å². The fourth-order valence-electron chi connectivity index (χ4n) is 4.64. The van der Waals surface area contributed by atoms with Crippen LogP contribution in [-0.4, -0.2) is 57.2 Å². The van der Waals surface area contributed by atoms with Crippen LogP contribution in [0.15, 0.2) is 55.9 Å². The second-order valence-corrected chi connectivity index (χ2v) is 11.3. The maximum Gasteiger partial charge on any atom is 0.343 e. The van der Waals surface area contributed by atoms with E-state index in [-0.39, 0.29) is 25.4 Å². The summed E-state index contributed by atoms with van der Waals surface area (Å²) in [5.41, 5.74) is 1.28. The largest absolute Gasteiger partial charge is 0.493 e. The number of allylic oxidation sites excluding steroid dienone is 1. The fourth-order valence-corrected chi connectivity index (χ4v) is 6.13. The number of benzene rings is 2. The predicted octanol–water partition coefficient (Wildman–Crippen LogP) is 3.53. The van der Waals surface area contributed by atoms with Crippen LogP contribution in [0.1, 0.15) is 37.9 Å². The first-order valence-corrected chi connectivity index (χ1v) is 15.4. The van der Waals surface area contributed by atoms with Crippen molar-refractivity contribution in [2.24, 2.45) is 4.99 Å². The van der Waals surface area contributed by atoms with Crippen LogP contribution in [0.3, 0.4) is 0 Å². The highest BCUT2D eigenvalue weighted by Crippen LogP contribution is 2.37. The van der Waals surface area contributed by atoms with E-state index in [1.165, 1.54) is 18.8 Å². The van der Waals surface area contributed by atoms with Crippen LogP contribution < -0.4 is 33.8 Å². The molecule has 0 amide bonds. The molecular formula is C32H31BrN2O9S. The van der Waals surface area contributed by atoms with Gasteiger partial charge in [0, 0.05) is 10.0 Å². The first kappa shape index (κ1) is 33.4. The maximum atomic E-state index is 14.2. The van der Waals surface area contributed by atoms with Gasteiger partial charge in [0.25, 0.3) is 5.56 Å². The van der Waals surface area contributed by atoms with Crippen molar-refractivity contribution in [1.82, 2.24) is 4.57 Å². The van der Waals surface area contributed by atoms with Gasteiger partial charge in [0.15, 0.2) is 34.4 Å². The molecule has 0 unspecified atom stereocenters. The van der Waals surface area contributed by atoms with Crippen molar-refractivity contribution in [2.75, 3.05) is 40.6 Å². The highest BCUT2D eigenvalue weighted by Gasteiger charge is 2.34. The minimum absolute atomic E-state index is 0.0102. The smallest absolute Gasteiger partial charge is 0.343 e. The second kappa shape index (κ2) is 15.0. The molecule has 1 aliphatic heterocycles. The lowest BCUT2D eigenvalue weighted by molar-refractivity contribution is -0.143. The van der Waals surface area contributed by atoms with E-state index < -0.39 is 23.5 Å². The zero-order valence-corrected chi connectivity index (χ0v) is 27.7. The molecule has 0 aliphatic carbocycles. The Bertz CT molecular complexity index is 1870. The van der Waals surface area contributed by atoms with Crippen molar-refractivity contribution in [3.63, 3.8) is 0 Å². The van der Waals surface area contributed by atoms with Crippen molar-refractivity contribution in [2.45, 2.75) is 26.8 Å². The lowest BCUT2D eigenvalue weighted by Crippen LogP contribution is -2.40. The Labute approximate surface area is 271 Å². The number of methoxy groups -OCH3 is 2. The fraction of sp³-hybridized carbons (Fsp3) is 0.312. The van der Waals surface area contributed by atoms with Gasteiger partial charge in [0.2, 0.25) is 0 Å². The van der Waals surface area contributed by atoms with Gasteiger partial charge in [-0.2, -0.15) is 0 Å². The summed E-state index contributed by atoms with van der Waals surface area (Å²) in [6.45, 7) is 5.27. The Kier molecular flexibility index (Phi) is 11.1. The van der Waals surface area contributed by atoms with Gasteiger partial charge in [-0.3, -0.25) is 9.36 Å². The first-order valence-electron chi connectivity index (χ1n) is 13.8. The molecule has 1 aliphatic rings. The zero-order valence-electron chi connectivity index (χ0n) is 25.3. The molecule has 236 valence electrons. The van der Waals surface area contributed by atoms with Gasteiger partial charge >= 0.3 is 11.9 Å². The second-order valence-electron chi connectivity index (χ2n) is 9.33. The number of ether oxygens (including phenoxy) is 6. The molecule has 2 heterocycles. The minimum atomic E-state index is -0.912. The average molecular weight is 700 g/mol. The van der Waals surface area contributed by atoms with Gasteiger partial charge in [-0.05, 0) is 56.7 Å². The molecule has 0 radical (unpaired) electrons. The number of fused-ring (bicyclic) bond motifs is 1. The Morgan fingerprint density at radius 3 is 2.53 bits per heavy atom. The monoisotopic (exact) mass is 698 g/mol. The van der Waals surface area contributed by atoms with E-state index in [2.05, 4.69) is 31.6 Å². The van der Waals surface area contributed by atoms with Gasteiger partial charge < -0.3 is 28.4 Å². The van der Waals surface area contributed by atoms with Gasteiger partial charge in [0.1, 0.15) is 6.61 Å². The molecule has 0 fully saturated rings. The van der Waals surface area contributed by atoms with Crippen LogP contribution in [0.5, 0.6) is 23.0 Å². The van der Waals surface area contributed by atoms with E-state index >= 15 is 0 Å². The van der Waals surface area contributed by atoms with E-state index in [0.29, 0.717) is 60.2 Å².